The zero-order chi connectivity index (χ0) is 14.9. The smallest absolute Gasteiger partial charge is 0.290 e. The highest BCUT2D eigenvalue weighted by molar-refractivity contribution is 7.93. The molecule has 1 heterocycles. The minimum absolute atomic E-state index is 0.0271. The third-order valence-corrected chi connectivity index (χ3v) is 4.44. The van der Waals surface area contributed by atoms with Gasteiger partial charge >= 0.3 is 0 Å². The number of nitrogen functional groups attached to an aromatic ring is 1. The van der Waals surface area contributed by atoms with E-state index in [2.05, 4.69) is 14.1 Å². The third kappa shape index (κ3) is 2.83. The van der Waals surface area contributed by atoms with E-state index in [1.54, 1.807) is 6.92 Å². The van der Waals surface area contributed by atoms with Crippen LogP contribution in [0.25, 0.3) is 0 Å². The van der Waals surface area contributed by atoms with Gasteiger partial charge < -0.3 is 5.73 Å². The molecule has 0 spiro atoms. The molecule has 0 atom stereocenters. The molecule has 0 fully saturated rings. The summed E-state index contributed by atoms with van der Waals surface area (Å²) in [5, 5.41) is 10.9. The van der Waals surface area contributed by atoms with E-state index in [0.29, 0.717) is 5.82 Å². The molecule has 3 N–H and O–H groups in total. The van der Waals surface area contributed by atoms with Gasteiger partial charge in [-0.25, -0.2) is 13.4 Å². The number of nitro groups is 1. The Morgan fingerprint density at radius 2 is 2.15 bits per heavy atom. The van der Waals surface area contributed by atoms with E-state index in [-0.39, 0.29) is 10.8 Å². The van der Waals surface area contributed by atoms with Gasteiger partial charge in [0.05, 0.1) is 4.92 Å². The molecule has 2 rings (SSSR count). The maximum Gasteiger partial charge on any atom is 0.290 e. The molecule has 0 aliphatic rings. The van der Waals surface area contributed by atoms with Crippen molar-refractivity contribution in [1.82, 2.24) is 9.36 Å². The second kappa shape index (κ2) is 5.02. The monoisotopic (exact) mass is 315 g/mol. The van der Waals surface area contributed by atoms with E-state index in [9.17, 15) is 18.5 Å². The van der Waals surface area contributed by atoms with Crippen LogP contribution in [0.3, 0.4) is 0 Å². The highest BCUT2D eigenvalue weighted by Crippen LogP contribution is 2.28. The molecule has 1 aromatic carbocycles. The molecule has 0 saturated carbocycles. The second-order valence-corrected chi connectivity index (χ2v) is 6.14. The van der Waals surface area contributed by atoms with E-state index in [1.807, 2.05) is 0 Å². The molecule has 0 aliphatic heterocycles. The summed E-state index contributed by atoms with van der Waals surface area (Å²) >= 11 is 0.837. The topological polar surface area (TPSA) is 141 Å². The number of nitro benzene ring substituents is 1. The molecule has 0 bridgehead atoms. The predicted molar refractivity (Wildman–Crippen MR) is 73.0 cm³/mol. The number of sulfonamides is 1. The Balaban J connectivity index is 2.48. The largest absolute Gasteiger partial charge is 0.399 e. The summed E-state index contributed by atoms with van der Waals surface area (Å²) in [5.41, 5.74) is 5.02. The number of aromatic nitrogens is 2. The van der Waals surface area contributed by atoms with Gasteiger partial charge in [-0.05, 0) is 19.1 Å². The molecule has 0 amide bonds. The molecule has 2 aromatic rings. The van der Waals surface area contributed by atoms with Crippen LogP contribution < -0.4 is 10.5 Å². The number of hydrogen-bond donors (Lipinski definition) is 2. The Bertz CT molecular complexity index is 770. The fraction of sp³-hybridized carbons (Fsp3) is 0.111. The maximum absolute atomic E-state index is 12.2. The Kier molecular flexibility index (Phi) is 3.55. The lowest BCUT2D eigenvalue weighted by Gasteiger charge is -2.06. The number of hydrogen-bond acceptors (Lipinski definition) is 8. The number of benzene rings is 1. The van der Waals surface area contributed by atoms with Crippen molar-refractivity contribution in [3.05, 3.63) is 34.1 Å². The quantitative estimate of drug-likeness (QED) is 0.489. The van der Waals surface area contributed by atoms with Gasteiger partial charge in [-0.1, -0.05) is 0 Å². The lowest BCUT2D eigenvalue weighted by Crippen LogP contribution is -2.15. The summed E-state index contributed by atoms with van der Waals surface area (Å²) in [6.45, 7) is 1.59. The van der Waals surface area contributed by atoms with Gasteiger partial charge in [0.15, 0.2) is 4.90 Å². The van der Waals surface area contributed by atoms with Crippen molar-refractivity contribution in [2.75, 3.05) is 10.5 Å². The number of nitrogens with zero attached hydrogens (tertiary/aromatic N) is 3. The lowest BCUT2D eigenvalue weighted by molar-refractivity contribution is -0.387. The second-order valence-electron chi connectivity index (χ2n) is 3.74. The van der Waals surface area contributed by atoms with E-state index in [0.717, 1.165) is 23.7 Å². The summed E-state index contributed by atoms with van der Waals surface area (Å²) in [7, 11) is -4.16. The van der Waals surface area contributed by atoms with Crippen molar-refractivity contribution < 1.29 is 13.3 Å². The maximum atomic E-state index is 12.2. The van der Waals surface area contributed by atoms with Crippen LogP contribution in [0.15, 0.2) is 23.1 Å². The molecule has 0 radical (unpaired) electrons. The van der Waals surface area contributed by atoms with Crippen molar-refractivity contribution in [2.45, 2.75) is 11.8 Å². The first-order valence-electron chi connectivity index (χ1n) is 5.16. The molecule has 9 nitrogen and oxygen atoms in total. The van der Waals surface area contributed by atoms with Crippen molar-refractivity contribution in [1.29, 1.82) is 0 Å². The summed E-state index contributed by atoms with van der Waals surface area (Å²) in [5.74, 6) is 0.398. The standard InChI is InChI=1S/C9H9N5O4S2/c1-5-11-9(19-12-5)13-20(17,18)8-4-6(10)2-3-7(8)14(15)16/h2-4H,10H2,1H3,(H,11,12,13). The normalized spacial score (nSPS) is 11.2. The first-order chi connectivity index (χ1) is 9.29. The number of rotatable bonds is 4. The van der Waals surface area contributed by atoms with Crippen LogP contribution in [0.2, 0.25) is 0 Å². The fourth-order valence-electron chi connectivity index (χ4n) is 1.41. The first kappa shape index (κ1) is 14.1. The summed E-state index contributed by atoms with van der Waals surface area (Å²) < 4.78 is 30.3. The summed E-state index contributed by atoms with van der Waals surface area (Å²) in [4.78, 5) is 13.4. The summed E-state index contributed by atoms with van der Waals surface area (Å²) in [6, 6.07) is 3.32. The SMILES string of the molecule is Cc1nsc(NS(=O)(=O)c2cc(N)ccc2[N+](=O)[O-])n1. The van der Waals surface area contributed by atoms with Gasteiger partial charge in [0.2, 0.25) is 5.13 Å². The van der Waals surface area contributed by atoms with Crippen LogP contribution >= 0.6 is 11.5 Å². The van der Waals surface area contributed by atoms with E-state index < -0.39 is 25.5 Å². The van der Waals surface area contributed by atoms with E-state index in [1.165, 1.54) is 6.07 Å². The molecule has 20 heavy (non-hydrogen) atoms. The van der Waals surface area contributed by atoms with Crippen molar-refractivity contribution >= 4 is 38.1 Å². The Hall–Kier alpha value is -2.27. The molecule has 106 valence electrons. The van der Waals surface area contributed by atoms with Gasteiger partial charge in [-0.15, -0.1) is 0 Å². The molecular formula is C9H9N5O4S2. The van der Waals surface area contributed by atoms with Crippen molar-refractivity contribution in [3.63, 3.8) is 0 Å². The lowest BCUT2D eigenvalue weighted by atomic mass is 10.3. The minimum Gasteiger partial charge on any atom is -0.399 e. The van der Waals surface area contributed by atoms with Gasteiger partial charge in [0.25, 0.3) is 15.7 Å². The van der Waals surface area contributed by atoms with Gasteiger partial charge in [-0.3, -0.25) is 14.8 Å². The third-order valence-electron chi connectivity index (χ3n) is 2.22. The molecule has 0 unspecified atom stereocenters. The molecule has 1 aromatic heterocycles. The summed E-state index contributed by atoms with van der Waals surface area (Å²) in [6.07, 6.45) is 0. The predicted octanol–water partition coefficient (Wildman–Crippen LogP) is 1.14. The van der Waals surface area contributed by atoms with Crippen LogP contribution in [0, 0.1) is 17.0 Å². The average molecular weight is 315 g/mol. The Morgan fingerprint density at radius 3 is 2.70 bits per heavy atom. The molecular weight excluding hydrogens is 306 g/mol. The van der Waals surface area contributed by atoms with Gasteiger partial charge in [-0.2, -0.15) is 4.37 Å². The fourth-order valence-corrected chi connectivity index (χ4v) is 3.41. The highest BCUT2D eigenvalue weighted by atomic mass is 32.2. The van der Waals surface area contributed by atoms with Crippen LogP contribution in [0.4, 0.5) is 16.5 Å². The molecule has 0 saturated heterocycles. The zero-order valence-corrected chi connectivity index (χ0v) is 11.7. The zero-order valence-electron chi connectivity index (χ0n) is 10.1. The molecule has 11 heteroatoms. The number of anilines is 2. The minimum atomic E-state index is -4.16. The van der Waals surface area contributed by atoms with Crippen molar-refractivity contribution in [2.24, 2.45) is 0 Å². The average Bonchev–Trinajstić information content (AvgIpc) is 2.73. The highest BCUT2D eigenvalue weighted by Gasteiger charge is 2.27. The number of nitrogens with one attached hydrogen (secondary N) is 1. The van der Waals surface area contributed by atoms with Crippen LogP contribution in [-0.4, -0.2) is 22.7 Å². The first-order valence-corrected chi connectivity index (χ1v) is 7.42. The Labute approximate surface area is 117 Å². The van der Waals surface area contributed by atoms with E-state index >= 15 is 0 Å². The van der Waals surface area contributed by atoms with Crippen LogP contribution in [0.1, 0.15) is 5.82 Å². The van der Waals surface area contributed by atoms with E-state index in [4.69, 9.17) is 5.73 Å². The van der Waals surface area contributed by atoms with Gasteiger partial charge in [0, 0.05) is 23.3 Å². The van der Waals surface area contributed by atoms with Gasteiger partial charge in [0.1, 0.15) is 5.82 Å². The number of aryl methyl sites for hydroxylation is 1. The number of nitrogens with two attached hydrogens (primary N) is 1. The Morgan fingerprint density at radius 1 is 1.45 bits per heavy atom. The molecule has 0 aliphatic carbocycles. The van der Waals surface area contributed by atoms with Crippen molar-refractivity contribution in [3.8, 4) is 0 Å². The van der Waals surface area contributed by atoms with Crippen LogP contribution in [0.5, 0.6) is 0 Å². The van der Waals surface area contributed by atoms with Crippen LogP contribution in [-0.2, 0) is 10.0 Å².